The standard InChI is InChI=1S/C36H52F2O3/c1-4-6-25-7-11-28(12-8-25)29-15-17-32(18-16-29)40-23-26-9-13-31-22-27(10-14-30(31)21-26)24-41-36(3)20-19-33(39-5-2)34(37)35(36)38/h15-20,25-28,30-31,35H,4-14,21-24H2,1-3H3. The third kappa shape index (κ3) is 7.56. The van der Waals surface area contributed by atoms with Gasteiger partial charge in [-0.25, -0.2) is 8.78 Å². The Balaban J connectivity index is 1.02. The molecule has 6 atom stereocenters. The van der Waals surface area contributed by atoms with E-state index in [0.29, 0.717) is 31.0 Å². The maximum Gasteiger partial charge on any atom is 0.187 e. The molecule has 0 amide bonds. The smallest absolute Gasteiger partial charge is 0.187 e. The van der Waals surface area contributed by atoms with Crippen LogP contribution in [0.15, 0.2) is 48.0 Å². The summed E-state index contributed by atoms with van der Waals surface area (Å²) in [6, 6.07) is 8.98. The van der Waals surface area contributed by atoms with Gasteiger partial charge in [0.05, 0.1) is 19.8 Å². The molecule has 5 rings (SSSR count). The fraction of sp³-hybridized carbons (Fsp3) is 0.722. The SMILES string of the molecule is CCCC1CCC(c2ccc(OCC3CCC4CC(COC5(C)C=CC(OCC)=C(F)C5F)CCC4C3)cc2)CC1. The van der Waals surface area contributed by atoms with Crippen LogP contribution in [0, 0.1) is 29.6 Å². The molecular weight excluding hydrogens is 518 g/mol. The lowest BCUT2D eigenvalue weighted by atomic mass is 9.65. The van der Waals surface area contributed by atoms with Crippen molar-refractivity contribution >= 4 is 0 Å². The largest absolute Gasteiger partial charge is 0.493 e. The second-order valence-corrected chi connectivity index (χ2v) is 13.6. The van der Waals surface area contributed by atoms with Gasteiger partial charge in [-0.15, -0.1) is 0 Å². The molecule has 1 aromatic carbocycles. The molecule has 1 aromatic rings. The van der Waals surface area contributed by atoms with Gasteiger partial charge in [0.1, 0.15) is 11.4 Å². The first kappa shape index (κ1) is 30.6. The Morgan fingerprint density at radius 2 is 1.44 bits per heavy atom. The highest BCUT2D eigenvalue weighted by molar-refractivity contribution is 5.31. The van der Waals surface area contributed by atoms with Crippen molar-refractivity contribution in [2.24, 2.45) is 29.6 Å². The predicted molar refractivity (Wildman–Crippen MR) is 161 cm³/mol. The van der Waals surface area contributed by atoms with Crippen LogP contribution >= 0.6 is 0 Å². The molecule has 4 aliphatic carbocycles. The van der Waals surface area contributed by atoms with Crippen LogP contribution in [0.25, 0.3) is 0 Å². The number of hydrogen-bond acceptors (Lipinski definition) is 3. The van der Waals surface area contributed by atoms with Crippen molar-refractivity contribution in [3.8, 4) is 5.75 Å². The van der Waals surface area contributed by atoms with Gasteiger partial charge in [-0.2, -0.15) is 0 Å². The molecule has 0 saturated heterocycles. The number of fused-ring (bicyclic) bond motifs is 1. The first-order valence-electron chi connectivity index (χ1n) is 16.6. The molecule has 4 aliphatic rings. The van der Waals surface area contributed by atoms with Gasteiger partial charge in [0.25, 0.3) is 0 Å². The average Bonchev–Trinajstić information content (AvgIpc) is 3.00. The summed E-state index contributed by atoms with van der Waals surface area (Å²) in [4.78, 5) is 0. The van der Waals surface area contributed by atoms with Gasteiger partial charge in [0, 0.05) is 0 Å². The van der Waals surface area contributed by atoms with Gasteiger partial charge in [0.15, 0.2) is 17.8 Å². The molecule has 228 valence electrons. The van der Waals surface area contributed by atoms with Crippen molar-refractivity contribution in [1.82, 2.24) is 0 Å². The first-order valence-corrected chi connectivity index (χ1v) is 16.6. The lowest BCUT2D eigenvalue weighted by molar-refractivity contribution is -0.0728. The third-order valence-corrected chi connectivity index (χ3v) is 10.7. The van der Waals surface area contributed by atoms with Gasteiger partial charge in [-0.3, -0.25) is 0 Å². The molecule has 0 aromatic heterocycles. The zero-order valence-corrected chi connectivity index (χ0v) is 25.6. The normalized spacial score (nSPS) is 35.7. The fourth-order valence-electron chi connectivity index (χ4n) is 8.10. The Morgan fingerprint density at radius 3 is 2.07 bits per heavy atom. The Kier molecular flexibility index (Phi) is 10.5. The van der Waals surface area contributed by atoms with Crippen molar-refractivity contribution in [3.05, 3.63) is 53.6 Å². The summed E-state index contributed by atoms with van der Waals surface area (Å²) in [7, 11) is 0. The maximum absolute atomic E-state index is 14.9. The van der Waals surface area contributed by atoms with Crippen molar-refractivity contribution in [2.45, 2.75) is 116 Å². The second-order valence-electron chi connectivity index (χ2n) is 13.6. The number of benzene rings is 1. The Labute approximate surface area is 247 Å². The highest BCUT2D eigenvalue weighted by atomic mass is 19.2. The van der Waals surface area contributed by atoms with Crippen LogP contribution in [-0.2, 0) is 9.47 Å². The van der Waals surface area contributed by atoms with E-state index in [9.17, 15) is 8.78 Å². The molecule has 0 heterocycles. The highest BCUT2D eigenvalue weighted by Gasteiger charge is 2.43. The number of rotatable bonds is 11. The summed E-state index contributed by atoms with van der Waals surface area (Å²) >= 11 is 0. The molecule has 3 fully saturated rings. The van der Waals surface area contributed by atoms with Crippen LogP contribution in [0.1, 0.15) is 109 Å². The van der Waals surface area contributed by atoms with Gasteiger partial charge < -0.3 is 14.2 Å². The van der Waals surface area contributed by atoms with E-state index < -0.39 is 17.6 Å². The van der Waals surface area contributed by atoms with Crippen LogP contribution in [-0.4, -0.2) is 31.6 Å². The summed E-state index contributed by atoms with van der Waals surface area (Å²) in [6.45, 7) is 7.30. The second kappa shape index (κ2) is 14.1. The van der Waals surface area contributed by atoms with E-state index in [1.807, 2.05) is 0 Å². The van der Waals surface area contributed by atoms with Crippen LogP contribution in [0.5, 0.6) is 5.75 Å². The van der Waals surface area contributed by atoms with Crippen LogP contribution < -0.4 is 4.74 Å². The lowest BCUT2D eigenvalue weighted by Crippen LogP contribution is -2.42. The summed E-state index contributed by atoms with van der Waals surface area (Å²) < 4.78 is 46.9. The fourth-order valence-corrected chi connectivity index (χ4v) is 8.10. The first-order chi connectivity index (χ1) is 19.9. The summed E-state index contributed by atoms with van der Waals surface area (Å²) in [5.74, 6) is 4.27. The molecule has 0 aliphatic heterocycles. The topological polar surface area (TPSA) is 27.7 Å². The molecule has 6 unspecified atom stereocenters. The van der Waals surface area contributed by atoms with Gasteiger partial charge in [0.2, 0.25) is 0 Å². The molecule has 41 heavy (non-hydrogen) atoms. The van der Waals surface area contributed by atoms with E-state index in [-0.39, 0.29) is 5.76 Å². The minimum absolute atomic E-state index is 0.0146. The number of halogens is 2. The Hall–Kier alpha value is -1.88. The summed E-state index contributed by atoms with van der Waals surface area (Å²) in [5.41, 5.74) is 0.212. The van der Waals surface area contributed by atoms with Crippen LogP contribution in [0.2, 0.25) is 0 Å². The quantitative estimate of drug-likeness (QED) is 0.265. The van der Waals surface area contributed by atoms with Crippen molar-refractivity contribution in [2.75, 3.05) is 19.8 Å². The van der Waals surface area contributed by atoms with E-state index in [1.54, 1.807) is 19.9 Å². The Bertz CT molecular complexity index is 1030. The average molecular weight is 571 g/mol. The van der Waals surface area contributed by atoms with Crippen molar-refractivity contribution < 1.29 is 23.0 Å². The van der Waals surface area contributed by atoms with Crippen molar-refractivity contribution in [1.29, 1.82) is 0 Å². The molecular formula is C36H52F2O3. The Morgan fingerprint density at radius 1 is 0.805 bits per heavy atom. The monoisotopic (exact) mass is 570 g/mol. The molecule has 5 heteroatoms. The van der Waals surface area contributed by atoms with Crippen LogP contribution in [0.4, 0.5) is 8.78 Å². The van der Waals surface area contributed by atoms with E-state index in [0.717, 1.165) is 43.0 Å². The van der Waals surface area contributed by atoms with E-state index in [4.69, 9.17) is 14.2 Å². The maximum atomic E-state index is 14.9. The minimum Gasteiger partial charge on any atom is -0.493 e. The van der Waals surface area contributed by atoms with E-state index in [1.165, 1.54) is 75.8 Å². The molecule has 3 saturated carbocycles. The number of alkyl halides is 1. The number of ether oxygens (including phenoxy) is 3. The van der Waals surface area contributed by atoms with Gasteiger partial charge in [-0.05, 0) is 143 Å². The van der Waals surface area contributed by atoms with Crippen LogP contribution in [0.3, 0.4) is 0 Å². The van der Waals surface area contributed by atoms with E-state index >= 15 is 0 Å². The molecule has 0 N–H and O–H groups in total. The predicted octanol–water partition coefficient (Wildman–Crippen LogP) is 9.87. The molecule has 3 nitrogen and oxygen atoms in total. The molecule has 0 bridgehead atoms. The zero-order valence-electron chi connectivity index (χ0n) is 25.6. The van der Waals surface area contributed by atoms with Gasteiger partial charge >= 0.3 is 0 Å². The minimum atomic E-state index is -1.83. The highest BCUT2D eigenvalue weighted by Crippen LogP contribution is 2.46. The summed E-state index contributed by atoms with van der Waals surface area (Å²) in [6.07, 6.45) is 16.5. The van der Waals surface area contributed by atoms with E-state index in [2.05, 4.69) is 31.2 Å². The van der Waals surface area contributed by atoms with Gasteiger partial charge in [-0.1, -0.05) is 31.9 Å². The van der Waals surface area contributed by atoms with Crippen molar-refractivity contribution in [3.63, 3.8) is 0 Å². The summed E-state index contributed by atoms with van der Waals surface area (Å²) in [5, 5.41) is 0. The lowest BCUT2D eigenvalue weighted by Gasteiger charge is -2.43. The number of allylic oxidation sites excluding steroid dienone is 1. The zero-order chi connectivity index (χ0) is 28.8. The number of hydrogen-bond donors (Lipinski definition) is 0. The molecule has 0 spiro atoms. The molecule has 0 radical (unpaired) electrons. The third-order valence-electron chi connectivity index (χ3n) is 10.7.